The first-order valence-corrected chi connectivity index (χ1v) is 5.20. The monoisotopic (exact) mass is 211 g/mol. The molecule has 1 heterocycles. The fraction of sp³-hybridized carbons (Fsp3) is 0.455. The van der Waals surface area contributed by atoms with Crippen LogP contribution >= 0.6 is 11.6 Å². The van der Waals surface area contributed by atoms with Gasteiger partial charge in [0.25, 0.3) is 0 Å². The van der Waals surface area contributed by atoms with Gasteiger partial charge >= 0.3 is 0 Å². The molecule has 0 aliphatic carbocycles. The van der Waals surface area contributed by atoms with Gasteiger partial charge in [-0.1, -0.05) is 17.7 Å². The highest BCUT2D eigenvalue weighted by Gasteiger charge is 2.22. The summed E-state index contributed by atoms with van der Waals surface area (Å²) in [4.78, 5) is 0. The van der Waals surface area contributed by atoms with E-state index in [4.69, 9.17) is 16.3 Å². The van der Waals surface area contributed by atoms with Gasteiger partial charge in [0.1, 0.15) is 5.75 Å². The minimum Gasteiger partial charge on any atom is -0.492 e. The Morgan fingerprint density at radius 2 is 2.29 bits per heavy atom. The van der Waals surface area contributed by atoms with Crippen molar-refractivity contribution < 1.29 is 4.74 Å². The van der Waals surface area contributed by atoms with Gasteiger partial charge in [-0.15, -0.1) is 0 Å². The molecule has 3 heteroatoms. The van der Waals surface area contributed by atoms with E-state index in [-0.39, 0.29) is 0 Å². The molecule has 2 nitrogen and oxygen atoms in total. The van der Waals surface area contributed by atoms with Gasteiger partial charge in [-0.05, 0) is 25.6 Å². The van der Waals surface area contributed by atoms with Crippen LogP contribution in [-0.2, 0) is 0 Å². The number of halogens is 1. The maximum Gasteiger partial charge on any atom is 0.142 e. The average molecular weight is 212 g/mol. The lowest BCUT2D eigenvalue weighted by molar-refractivity contribution is 0.257. The largest absolute Gasteiger partial charge is 0.492 e. The Labute approximate surface area is 89.2 Å². The van der Waals surface area contributed by atoms with E-state index < -0.39 is 0 Å². The van der Waals surface area contributed by atoms with E-state index >= 15 is 0 Å². The number of rotatable bonds is 1. The van der Waals surface area contributed by atoms with Crippen LogP contribution in [0.3, 0.4) is 0 Å². The zero-order valence-corrected chi connectivity index (χ0v) is 9.19. The first-order chi connectivity index (χ1) is 6.72. The van der Waals surface area contributed by atoms with Crippen LogP contribution in [0.2, 0.25) is 5.02 Å². The molecular formula is C11H14ClNO. The molecule has 0 saturated carbocycles. The summed E-state index contributed by atoms with van der Waals surface area (Å²) in [6, 6.07) is 4.45. The van der Waals surface area contributed by atoms with Crippen molar-refractivity contribution in [1.82, 2.24) is 5.32 Å². The SMILES string of the molecule is CNC1CCOc2c(Cl)cc(C)cc21. The van der Waals surface area contributed by atoms with Gasteiger partial charge in [0.15, 0.2) is 0 Å². The summed E-state index contributed by atoms with van der Waals surface area (Å²) in [5, 5.41) is 4.00. The van der Waals surface area contributed by atoms with Crippen molar-refractivity contribution in [3.8, 4) is 5.75 Å². The van der Waals surface area contributed by atoms with Gasteiger partial charge in [-0.3, -0.25) is 0 Å². The predicted octanol–water partition coefficient (Wildman–Crippen LogP) is 2.69. The molecule has 1 atom stereocenters. The van der Waals surface area contributed by atoms with Crippen molar-refractivity contribution in [3.05, 3.63) is 28.3 Å². The molecule has 1 N–H and O–H groups in total. The van der Waals surface area contributed by atoms with Crippen molar-refractivity contribution in [2.45, 2.75) is 19.4 Å². The first kappa shape index (κ1) is 9.81. The molecule has 14 heavy (non-hydrogen) atoms. The smallest absolute Gasteiger partial charge is 0.142 e. The third-order valence-corrected chi connectivity index (χ3v) is 2.87. The molecule has 0 fully saturated rings. The van der Waals surface area contributed by atoms with Crippen molar-refractivity contribution in [2.75, 3.05) is 13.7 Å². The molecule has 0 saturated heterocycles. The quantitative estimate of drug-likeness (QED) is 0.771. The third-order valence-electron chi connectivity index (χ3n) is 2.59. The van der Waals surface area contributed by atoms with Crippen LogP contribution < -0.4 is 10.1 Å². The lowest BCUT2D eigenvalue weighted by Crippen LogP contribution is -2.24. The zero-order valence-electron chi connectivity index (χ0n) is 8.43. The third kappa shape index (κ3) is 1.60. The Hall–Kier alpha value is -0.730. The highest BCUT2D eigenvalue weighted by atomic mass is 35.5. The van der Waals surface area contributed by atoms with Gasteiger partial charge in [0.05, 0.1) is 11.6 Å². The van der Waals surface area contributed by atoms with Crippen molar-refractivity contribution >= 4 is 11.6 Å². The highest BCUT2D eigenvalue weighted by molar-refractivity contribution is 6.32. The molecular weight excluding hydrogens is 198 g/mol. The van der Waals surface area contributed by atoms with Gasteiger partial charge in [0, 0.05) is 18.0 Å². The summed E-state index contributed by atoms with van der Waals surface area (Å²) < 4.78 is 5.57. The molecule has 0 spiro atoms. The van der Waals surface area contributed by atoms with Crippen molar-refractivity contribution in [3.63, 3.8) is 0 Å². The minimum atomic E-state index is 0.371. The second kappa shape index (κ2) is 3.79. The Kier molecular flexibility index (Phi) is 2.66. The molecule has 1 aliphatic rings. The van der Waals surface area contributed by atoms with E-state index in [0.29, 0.717) is 6.04 Å². The molecule has 0 radical (unpaired) electrons. The zero-order chi connectivity index (χ0) is 10.1. The maximum absolute atomic E-state index is 6.12. The van der Waals surface area contributed by atoms with Crippen LogP contribution in [0.1, 0.15) is 23.6 Å². The fourth-order valence-corrected chi connectivity index (χ4v) is 2.24. The van der Waals surface area contributed by atoms with Crippen LogP contribution in [0.4, 0.5) is 0 Å². The van der Waals surface area contributed by atoms with E-state index in [9.17, 15) is 0 Å². The Morgan fingerprint density at radius 3 is 3.00 bits per heavy atom. The second-order valence-electron chi connectivity index (χ2n) is 3.64. The summed E-state index contributed by atoms with van der Waals surface area (Å²) in [5.41, 5.74) is 2.36. The number of benzene rings is 1. The molecule has 1 aromatic rings. The van der Waals surface area contributed by atoms with Crippen LogP contribution in [0.15, 0.2) is 12.1 Å². The highest BCUT2D eigenvalue weighted by Crippen LogP contribution is 2.38. The summed E-state index contributed by atoms with van der Waals surface area (Å²) in [6.07, 6.45) is 1.00. The number of hydrogen-bond acceptors (Lipinski definition) is 2. The molecule has 1 unspecified atom stereocenters. The number of ether oxygens (including phenoxy) is 1. The second-order valence-corrected chi connectivity index (χ2v) is 4.05. The molecule has 0 amide bonds. The summed E-state index contributed by atoms with van der Waals surface area (Å²) in [7, 11) is 1.97. The van der Waals surface area contributed by atoms with Crippen LogP contribution in [0, 0.1) is 6.92 Å². The molecule has 1 aromatic carbocycles. The van der Waals surface area contributed by atoms with E-state index in [0.717, 1.165) is 23.8 Å². The van der Waals surface area contributed by atoms with E-state index in [1.54, 1.807) is 0 Å². The maximum atomic E-state index is 6.12. The lowest BCUT2D eigenvalue weighted by atomic mass is 9.99. The first-order valence-electron chi connectivity index (χ1n) is 4.82. The Morgan fingerprint density at radius 1 is 1.50 bits per heavy atom. The van der Waals surface area contributed by atoms with Gasteiger partial charge in [-0.25, -0.2) is 0 Å². The van der Waals surface area contributed by atoms with Crippen LogP contribution in [0.25, 0.3) is 0 Å². The number of aryl methyl sites for hydroxylation is 1. The normalized spacial score (nSPS) is 20.1. The van der Waals surface area contributed by atoms with E-state index in [1.807, 2.05) is 20.0 Å². The molecule has 0 aromatic heterocycles. The summed E-state index contributed by atoms with van der Waals surface area (Å²) in [6.45, 7) is 2.79. The molecule has 0 bridgehead atoms. The molecule has 2 rings (SSSR count). The van der Waals surface area contributed by atoms with Gasteiger partial charge in [-0.2, -0.15) is 0 Å². The van der Waals surface area contributed by atoms with Gasteiger partial charge < -0.3 is 10.1 Å². The number of fused-ring (bicyclic) bond motifs is 1. The van der Waals surface area contributed by atoms with Crippen molar-refractivity contribution in [1.29, 1.82) is 0 Å². The fourth-order valence-electron chi connectivity index (χ4n) is 1.90. The average Bonchev–Trinajstić information content (AvgIpc) is 2.17. The Balaban J connectivity index is 2.51. The van der Waals surface area contributed by atoms with Crippen LogP contribution in [0.5, 0.6) is 5.75 Å². The topological polar surface area (TPSA) is 21.3 Å². The minimum absolute atomic E-state index is 0.371. The van der Waals surface area contributed by atoms with Crippen molar-refractivity contribution in [2.24, 2.45) is 0 Å². The van der Waals surface area contributed by atoms with Crippen LogP contribution in [-0.4, -0.2) is 13.7 Å². The standard InChI is InChI=1S/C11H14ClNO/c1-7-5-8-10(13-2)3-4-14-11(8)9(12)6-7/h5-6,10,13H,3-4H2,1-2H3. The number of nitrogens with one attached hydrogen (secondary N) is 1. The summed E-state index contributed by atoms with van der Waals surface area (Å²) in [5.74, 6) is 0.850. The van der Waals surface area contributed by atoms with E-state index in [2.05, 4.69) is 11.4 Å². The predicted molar refractivity (Wildman–Crippen MR) is 58.1 cm³/mol. The number of hydrogen-bond donors (Lipinski definition) is 1. The summed E-state index contributed by atoms with van der Waals surface area (Å²) >= 11 is 6.12. The van der Waals surface area contributed by atoms with E-state index in [1.165, 1.54) is 11.1 Å². The van der Waals surface area contributed by atoms with Gasteiger partial charge in [0.2, 0.25) is 0 Å². The lowest BCUT2D eigenvalue weighted by Gasteiger charge is -2.26. The molecule has 76 valence electrons. The molecule has 1 aliphatic heterocycles. The Bertz CT molecular complexity index is 351.